The number of rotatable bonds is 11. The first-order chi connectivity index (χ1) is 16.2. The van der Waals surface area contributed by atoms with Crippen molar-refractivity contribution < 1.29 is 29.3 Å². The number of carboxylic acids is 1. The number of hydrogen-bond acceptors (Lipinski definition) is 6. The number of aliphatic hydroxyl groups is 1. The van der Waals surface area contributed by atoms with Gasteiger partial charge in [-0.15, -0.1) is 0 Å². The van der Waals surface area contributed by atoms with E-state index in [0.29, 0.717) is 17.0 Å². The molecule has 0 amide bonds. The minimum Gasteiger partial charge on any atom is -0.478 e. The molecule has 0 spiro atoms. The molecule has 1 aromatic rings. The smallest absolute Gasteiger partial charge is 0.339 e. The summed E-state index contributed by atoms with van der Waals surface area (Å²) in [5, 5.41) is 16.3. The monoisotopic (exact) mass is 479 g/mol. The van der Waals surface area contributed by atoms with Crippen molar-refractivity contribution in [2.75, 3.05) is 19.5 Å². The van der Waals surface area contributed by atoms with Gasteiger partial charge in [-0.25, -0.2) is 9.59 Å². The molecule has 4 N–H and O–H groups in total. The summed E-state index contributed by atoms with van der Waals surface area (Å²) in [6.45, 7) is 8.09. The van der Waals surface area contributed by atoms with E-state index in [4.69, 9.17) is 15.9 Å². The quantitative estimate of drug-likeness (QED) is 0.117. The summed E-state index contributed by atoms with van der Waals surface area (Å²) in [4.78, 5) is 31.0. The van der Waals surface area contributed by atoms with Crippen LogP contribution in [0.3, 0.4) is 0 Å². The largest absolute Gasteiger partial charge is 0.478 e. The Bertz CT molecular complexity index is 698. The number of anilines is 1. The predicted octanol–water partition coefficient (Wildman–Crippen LogP) is 5.97. The average molecular weight is 480 g/mol. The third-order valence-corrected chi connectivity index (χ3v) is 3.94. The normalized spacial score (nSPS) is 9.71. The van der Waals surface area contributed by atoms with Crippen molar-refractivity contribution in [1.82, 2.24) is 0 Å². The molecule has 0 aliphatic carbocycles. The van der Waals surface area contributed by atoms with Gasteiger partial charge in [0, 0.05) is 18.2 Å². The number of esters is 1. The number of carbonyl (C=O) groups excluding carboxylic acids is 2. The fourth-order valence-corrected chi connectivity index (χ4v) is 2.13. The zero-order valence-corrected chi connectivity index (χ0v) is 21.6. The number of carbonyl (C=O) groups is 3. The molecule has 0 radical (unpaired) electrons. The van der Waals surface area contributed by atoms with Gasteiger partial charge >= 0.3 is 11.9 Å². The summed E-state index contributed by atoms with van der Waals surface area (Å²) >= 11 is 0. The molecule has 0 bridgehead atoms. The molecule has 1 aromatic carbocycles. The lowest BCUT2D eigenvalue weighted by Crippen LogP contribution is -2.04. The highest BCUT2D eigenvalue weighted by atomic mass is 16.5. The molecular formula is C27H45NO6. The van der Waals surface area contributed by atoms with Crippen LogP contribution >= 0.6 is 0 Å². The van der Waals surface area contributed by atoms with Crippen molar-refractivity contribution in [2.24, 2.45) is 0 Å². The van der Waals surface area contributed by atoms with Crippen LogP contribution in [0.2, 0.25) is 0 Å². The molecule has 0 fully saturated rings. The first-order valence-electron chi connectivity index (χ1n) is 11.8. The van der Waals surface area contributed by atoms with Crippen molar-refractivity contribution in [3.05, 3.63) is 54.1 Å². The van der Waals surface area contributed by atoms with Crippen LogP contribution in [0.1, 0.15) is 89.4 Å². The molecule has 7 nitrogen and oxygen atoms in total. The molecule has 0 heterocycles. The maximum Gasteiger partial charge on any atom is 0.339 e. The highest BCUT2D eigenvalue weighted by Crippen LogP contribution is 2.10. The molecule has 1 rings (SSSR count). The van der Waals surface area contributed by atoms with Crippen LogP contribution in [0.4, 0.5) is 5.69 Å². The SMILES string of the molecule is CCC/C=C/C(=O)O.CCC/C=C/CO.CCCCCC(C)=O.COC(=O)c1ccccc1N. The van der Waals surface area contributed by atoms with Crippen molar-refractivity contribution in [1.29, 1.82) is 0 Å². The Kier molecular flexibility index (Phi) is 29.5. The summed E-state index contributed by atoms with van der Waals surface area (Å²) in [6.07, 6.45) is 14.9. The van der Waals surface area contributed by atoms with Crippen LogP contribution < -0.4 is 5.73 Å². The van der Waals surface area contributed by atoms with Gasteiger partial charge in [0.15, 0.2) is 0 Å². The minimum absolute atomic E-state index is 0.181. The molecule has 0 aliphatic rings. The predicted molar refractivity (Wildman–Crippen MR) is 140 cm³/mol. The zero-order chi connectivity index (χ0) is 26.6. The second-order valence-corrected chi connectivity index (χ2v) is 7.21. The van der Waals surface area contributed by atoms with E-state index in [1.54, 1.807) is 43.3 Å². The van der Waals surface area contributed by atoms with Crippen LogP contribution in [0.15, 0.2) is 48.6 Å². The number of methoxy groups -OCH3 is 1. The Labute approximate surface area is 205 Å². The number of aliphatic hydroxyl groups excluding tert-OH is 1. The summed E-state index contributed by atoms with van der Waals surface area (Å²) in [5.74, 6) is -0.944. The molecular weight excluding hydrogens is 434 g/mol. The summed E-state index contributed by atoms with van der Waals surface area (Å²) in [6, 6.07) is 6.79. The average Bonchev–Trinajstić information content (AvgIpc) is 2.80. The van der Waals surface area contributed by atoms with Crippen molar-refractivity contribution in [2.45, 2.75) is 79.1 Å². The second-order valence-electron chi connectivity index (χ2n) is 7.21. The number of nitrogens with two attached hydrogens (primary N) is 1. The van der Waals surface area contributed by atoms with Gasteiger partial charge in [-0.2, -0.15) is 0 Å². The number of hydrogen-bond donors (Lipinski definition) is 3. The molecule has 7 heteroatoms. The van der Waals surface area contributed by atoms with E-state index >= 15 is 0 Å². The van der Waals surface area contributed by atoms with Gasteiger partial charge < -0.3 is 25.5 Å². The number of Topliss-reactive ketones (excluding diaryl/α,β-unsaturated/α-hetero) is 1. The fraction of sp³-hybridized carbons (Fsp3) is 0.519. The number of ether oxygens (including phenoxy) is 1. The van der Waals surface area contributed by atoms with Crippen molar-refractivity contribution in [3.8, 4) is 0 Å². The molecule has 0 unspecified atom stereocenters. The van der Waals surface area contributed by atoms with Crippen LogP contribution in [-0.2, 0) is 14.3 Å². The second kappa shape index (κ2) is 28.1. The van der Waals surface area contributed by atoms with Gasteiger partial charge in [-0.1, -0.05) is 76.8 Å². The topological polar surface area (TPSA) is 127 Å². The first kappa shape index (κ1) is 35.7. The van der Waals surface area contributed by atoms with Crippen LogP contribution in [0, 0.1) is 0 Å². The number of nitrogen functional groups attached to an aromatic ring is 1. The van der Waals surface area contributed by atoms with Crippen LogP contribution in [-0.4, -0.2) is 41.7 Å². The number of benzene rings is 1. The zero-order valence-electron chi connectivity index (χ0n) is 21.6. The van der Waals surface area contributed by atoms with Gasteiger partial charge in [-0.3, -0.25) is 0 Å². The molecule has 0 saturated carbocycles. The van der Waals surface area contributed by atoms with Crippen LogP contribution in [0.5, 0.6) is 0 Å². The summed E-state index contributed by atoms with van der Waals surface area (Å²) in [7, 11) is 1.33. The Balaban J connectivity index is -0.000000384. The van der Waals surface area contributed by atoms with Gasteiger partial charge in [0.05, 0.1) is 19.3 Å². The molecule has 34 heavy (non-hydrogen) atoms. The maximum atomic E-state index is 10.9. The highest BCUT2D eigenvalue weighted by molar-refractivity contribution is 5.94. The lowest BCUT2D eigenvalue weighted by Gasteiger charge is -2.00. The molecule has 0 aliphatic heterocycles. The third-order valence-electron chi connectivity index (χ3n) is 3.94. The minimum atomic E-state index is -0.863. The Morgan fingerprint density at radius 3 is 1.97 bits per heavy atom. The van der Waals surface area contributed by atoms with Crippen molar-refractivity contribution in [3.63, 3.8) is 0 Å². The Hall–Kier alpha value is -2.93. The molecule has 194 valence electrons. The molecule has 0 atom stereocenters. The van der Waals surface area contributed by atoms with E-state index in [-0.39, 0.29) is 6.61 Å². The lowest BCUT2D eigenvalue weighted by molar-refractivity contribution is -0.131. The van der Waals surface area contributed by atoms with Gasteiger partial charge in [-0.05, 0) is 38.3 Å². The van der Waals surface area contributed by atoms with Crippen LogP contribution in [0.25, 0.3) is 0 Å². The van der Waals surface area contributed by atoms with Crippen molar-refractivity contribution >= 4 is 23.4 Å². The number of aliphatic carboxylic acids is 1. The van der Waals surface area contributed by atoms with Gasteiger partial charge in [0.2, 0.25) is 0 Å². The van der Waals surface area contributed by atoms with Gasteiger partial charge in [0.1, 0.15) is 5.78 Å². The summed E-state index contributed by atoms with van der Waals surface area (Å²) < 4.78 is 4.50. The summed E-state index contributed by atoms with van der Waals surface area (Å²) in [5.41, 5.74) is 6.35. The van der Waals surface area contributed by atoms with Gasteiger partial charge in [0.25, 0.3) is 0 Å². The number of para-hydroxylation sites is 1. The molecule has 0 aromatic heterocycles. The Morgan fingerprint density at radius 1 is 0.941 bits per heavy atom. The number of allylic oxidation sites excluding steroid dienone is 2. The van der Waals surface area contributed by atoms with E-state index in [1.165, 1.54) is 26.0 Å². The fourth-order valence-electron chi connectivity index (χ4n) is 2.13. The maximum absolute atomic E-state index is 10.9. The Morgan fingerprint density at radius 2 is 1.53 bits per heavy atom. The van der Waals surface area contributed by atoms with E-state index in [1.807, 2.05) is 13.0 Å². The molecule has 0 saturated heterocycles. The van der Waals surface area contributed by atoms with E-state index < -0.39 is 11.9 Å². The van der Waals surface area contributed by atoms with E-state index in [9.17, 15) is 14.4 Å². The number of carboxylic acid groups (broad SMARTS) is 1. The lowest BCUT2D eigenvalue weighted by atomic mass is 10.2. The number of unbranched alkanes of at least 4 members (excludes halogenated alkanes) is 4. The van der Waals surface area contributed by atoms with E-state index in [2.05, 4.69) is 18.6 Å². The highest BCUT2D eigenvalue weighted by Gasteiger charge is 2.06. The van der Waals surface area contributed by atoms with E-state index in [0.717, 1.165) is 38.5 Å². The first-order valence-corrected chi connectivity index (χ1v) is 11.8. The standard InChI is InChI=1S/C8H9NO2.C7H14O.C6H10O2.C6H12O/c1-11-8(10)6-4-2-3-5-7(6)9;1-3-4-5-6-7(2)8;1-2-3-4-5-6(7)8;1-2-3-4-5-6-7/h2-5H,9H2,1H3;3-6H2,1-2H3;4-5H,2-3H2,1H3,(H,7,8);4-5,7H,2-3,6H2,1H3/b;;2*5-4+. The third kappa shape index (κ3) is 29.1. The number of ketones is 1.